The number of hydrogen-bond acceptors (Lipinski definition) is 3. The average Bonchev–Trinajstić information content (AvgIpc) is 2.78. The summed E-state index contributed by atoms with van der Waals surface area (Å²) in [6.07, 6.45) is 5.25. The second-order valence-electron chi connectivity index (χ2n) is 4.77. The lowest BCUT2D eigenvalue weighted by Gasteiger charge is -2.31. The first-order chi connectivity index (χ1) is 8.33. The third-order valence-corrected chi connectivity index (χ3v) is 4.30. The minimum absolute atomic E-state index is 0.364. The zero-order valence-corrected chi connectivity index (χ0v) is 11.7. The number of rotatable bonds is 5. The number of ether oxygens (including phenoxy) is 1. The number of nitrogens with one attached hydrogen (secondary N) is 1. The van der Waals surface area contributed by atoms with Gasteiger partial charge in [0.1, 0.15) is 0 Å². The Bertz CT molecular complexity index is 331. The van der Waals surface area contributed by atoms with Gasteiger partial charge < -0.3 is 10.1 Å². The van der Waals surface area contributed by atoms with Crippen molar-refractivity contribution in [1.82, 2.24) is 5.32 Å². The number of thiophene rings is 1. The lowest BCUT2D eigenvalue weighted by atomic mass is 9.96. The molecule has 96 valence electrons. The van der Waals surface area contributed by atoms with Gasteiger partial charge in [-0.05, 0) is 56.2 Å². The molecule has 0 aromatic carbocycles. The van der Waals surface area contributed by atoms with Gasteiger partial charge in [0.2, 0.25) is 0 Å². The van der Waals surface area contributed by atoms with Crippen molar-refractivity contribution >= 4 is 11.3 Å². The van der Waals surface area contributed by atoms with E-state index in [9.17, 15) is 0 Å². The second kappa shape index (κ2) is 6.53. The van der Waals surface area contributed by atoms with Gasteiger partial charge in [-0.2, -0.15) is 0 Å². The van der Waals surface area contributed by atoms with Gasteiger partial charge in [-0.25, -0.2) is 0 Å². The molecule has 1 aliphatic rings. The Hall–Kier alpha value is -0.380. The SMILES string of the molecule is CCCNC(c1ccsc1C)C1CCCCO1. The monoisotopic (exact) mass is 253 g/mol. The maximum Gasteiger partial charge on any atom is 0.0770 e. The van der Waals surface area contributed by atoms with E-state index >= 15 is 0 Å². The van der Waals surface area contributed by atoms with Gasteiger partial charge in [-0.3, -0.25) is 0 Å². The summed E-state index contributed by atoms with van der Waals surface area (Å²) in [5.74, 6) is 0. The van der Waals surface area contributed by atoms with Crippen LogP contribution in [0, 0.1) is 6.92 Å². The molecule has 2 heterocycles. The van der Waals surface area contributed by atoms with Crippen molar-refractivity contribution in [3.63, 3.8) is 0 Å². The molecule has 3 heteroatoms. The zero-order valence-electron chi connectivity index (χ0n) is 10.9. The third-order valence-electron chi connectivity index (χ3n) is 3.43. The largest absolute Gasteiger partial charge is 0.376 e. The molecule has 2 atom stereocenters. The van der Waals surface area contributed by atoms with Crippen molar-refractivity contribution in [2.24, 2.45) is 0 Å². The molecule has 2 nitrogen and oxygen atoms in total. The van der Waals surface area contributed by atoms with Gasteiger partial charge in [0, 0.05) is 11.5 Å². The minimum Gasteiger partial charge on any atom is -0.376 e. The molecule has 2 rings (SSSR count). The van der Waals surface area contributed by atoms with E-state index in [4.69, 9.17) is 4.74 Å². The molecular weight excluding hydrogens is 230 g/mol. The van der Waals surface area contributed by atoms with Crippen LogP contribution in [0.3, 0.4) is 0 Å². The predicted molar refractivity (Wildman–Crippen MR) is 73.7 cm³/mol. The van der Waals surface area contributed by atoms with Crippen LogP contribution in [0.4, 0.5) is 0 Å². The Balaban J connectivity index is 2.09. The second-order valence-corrected chi connectivity index (χ2v) is 5.89. The van der Waals surface area contributed by atoms with Crippen molar-refractivity contribution < 1.29 is 4.74 Å². The Kier molecular flexibility index (Phi) is 5.01. The number of hydrogen-bond donors (Lipinski definition) is 1. The van der Waals surface area contributed by atoms with Crippen LogP contribution in [-0.4, -0.2) is 19.3 Å². The molecule has 1 aromatic rings. The van der Waals surface area contributed by atoms with Crippen molar-refractivity contribution in [3.8, 4) is 0 Å². The first-order valence-electron chi connectivity index (χ1n) is 6.72. The van der Waals surface area contributed by atoms with E-state index in [-0.39, 0.29) is 0 Å². The van der Waals surface area contributed by atoms with E-state index in [0.717, 1.165) is 13.2 Å². The van der Waals surface area contributed by atoms with Crippen LogP contribution < -0.4 is 5.32 Å². The Morgan fingerprint density at radius 2 is 2.41 bits per heavy atom. The molecule has 0 radical (unpaired) electrons. The van der Waals surface area contributed by atoms with Crippen LogP contribution in [-0.2, 0) is 4.74 Å². The van der Waals surface area contributed by atoms with Gasteiger partial charge >= 0.3 is 0 Å². The van der Waals surface area contributed by atoms with Crippen molar-refractivity contribution in [2.45, 2.75) is 51.7 Å². The normalized spacial score (nSPS) is 22.6. The standard InChI is InChI=1S/C14H23NOS/c1-3-8-15-14(12-7-10-17-11(12)2)13-6-4-5-9-16-13/h7,10,13-15H,3-6,8-9H2,1-2H3. The molecule has 1 fully saturated rings. The summed E-state index contributed by atoms with van der Waals surface area (Å²) in [6, 6.07) is 2.65. The summed E-state index contributed by atoms with van der Waals surface area (Å²) in [5.41, 5.74) is 1.44. The molecular formula is C14H23NOS. The fraction of sp³-hybridized carbons (Fsp3) is 0.714. The fourth-order valence-corrected chi connectivity index (χ4v) is 3.24. The van der Waals surface area contributed by atoms with Crippen molar-refractivity contribution in [3.05, 3.63) is 21.9 Å². The van der Waals surface area contributed by atoms with Crippen LogP contribution in [0.25, 0.3) is 0 Å². The van der Waals surface area contributed by atoms with Gasteiger partial charge in [0.15, 0.2) is 0 Å². The summed E-state index contributed by atoms with van der Waals surface area (Å²) in [7, 11) is 0. The van der Waals surface area contributed by atoms with Crippen molar-refractivity contribution in [1.29, 1.82) is 0 Å². The Morgan fingerprint density at radius 1 is 1.53 bits per heavy atom. The quantitative estimate of drug-likeness (QED) is 0.864. The Labute approximate surface area is 108 Å². The molecule has 0 bridgehead atoms. The van der Waals surface area contributed by atoms with E-state index in [2.05, 4.69) is 30.6 Å². The van der Waals surface area contributed by atoms with E-state index in [1.54, 1.807) is 0 Å². The highest BCUT2D eigenvalue weighted by Gasteiger charge is 2.26. The molecule has 0 saturated carbocycles. The van der Waals surface area contributed by atoms with Gasteiger partial charge in [0.25, 0.3) is 0 Å². The Morgan fingerprint density at radius 3 is 3.00 bits per heavy atom. The summed E-state index contributed by atoms with van der Waals surface area (Å²) in [6.45, 7) is 6.42. The smallest absolute Gasteiger partial charge is 0.0770 e. The molecule has 17 heavy (non-hydrogen) atoms. The summed E-state index contributed by atoms with van der Waals surface area (Å²) in [5, 5.41) is 5.85. The molecule has 1 aromatic heterocycles. The van der Waals surface area contributed by atoms with E-state index in [1.807, 2.05) is 11.3 Å². The lowest BCUT2D eigenvalue weighted by Crippen LogP contribution is -2.36. The fourth-order valence-electron chi connectivity index (χ4n) is 2.49. The summed E-state index contributed by atoms with van der Waals surface area (Å²) in [4.78, 5) is 1.42. The van der Waals surface area contributed by atoms with Crippen LogP contribution in [0.5, 0.6) is 0 Å². The van der Waals surface area contributed by atoms with Crippen LogP contribution in [0.15, 0.2) is 11.4 Å². The molecule has 1 N–H and O–H groups in total. The first kappa shape index (κ1) is 13.1. The molecule has 1 aliphatic heterocycles. The van der Waals surface area contributed by atoms with Crippen LogP contribution >= 0.6 is 11.3 Å². The van der Waals surface area contributed by atoms with Gasteiger partial charge in [0.05, 0.1) is 12.1 Å². The molecule has 2 unspecified atom stereocenters. The highest BCUT2D eigenvalue weighted by Crippen LogP contribution is 2.30. The lowest BCUT2D eigenvalue weighted by molar-refractivity contribution is -0.00818. The topological polar surface area (TPSA) is 21.3 Å². The van der Waals surface area contributed by atoms with E-state index in [1.165, 1.54) is 36.1 Å². The minimum atomic E-state index is 0.364. The molecule has 0 amide bonds. The highest BCUT2D eigenvalue weighted by molar-refractivity contribution is 7.10. The first-order valence-corrected chi connectivity index (χ1v) is 7.60. The molecule has 1 saturated heterocycles. The highest BCUT2D eigenvalue weighted by atomic mass is 32.1. The zero-order chi connectivity index (χ0) is 12.1. The van der Waals surface area contributed by atoms with E-state index < -0.39 is 0 Å². The van der Waals surface area contributed by atoms with Gasteiger partial charge in [-0.1, -0.05) is 6.92 Å². The molecule has 0 aliphatic carbocycles. The predicted octanol–water partition coefficient (Wildman–Crippen LogP) is 3.67. The van der Waals surface area contributed by atoms with Crippen molar-refractivity contribution in [2.75, 3.05) is 13.2 Å². The number of aryl methyl sites for hydroxylation is 1. The summed E-state index contributed by atoms with van der Waals surface area (Å²) < 4.78 is 5.96. The maximum absolute atomic E-state index is 5.96. The average molecular weight is 253 g/mol. The van der Waals surface area contributed by atoms with Crippen LogP contribution in [0.1, 0.15) is 49.1 Å². The van der Waals surface area contributed by atoms with E-state index in [0.29, 0.717) is 12.1 Å². The van der Waals surface area contributed by atoms with Crippen LogP contribution in [0.2, 0.25) is 0 Å². The van der Waals surface area contributed by atoms with Gasteiger partial charge in [-0.15, -0.1) is 11.3 Å². The maximum atomic E-state index is 5.96. The summed E-state index contributed by atoms with van der Waals surface area (Å²) >= 11 is 1.83. The molecule has 0 spiro atoms. The third kappa shape index (κ3) is 3.30.